The van der Waals surface area contributed by atoms with Crippen molar-refractivity contribution in [1.29, 1.82) is 0 Å². The van der Waals surface area contributed by atoms with Crippen molar-refractivity contribution in [2.24, 2.45) is 7.05 Å². The summed E-state index contributed by atoms with van der Waals surface area (Å²) < 4.78 is 41.5. The highest BCUT2D eigenvalue weighted by Gasteiger charge is 2.48. The molecule has 0 bridgehead atoms. The Morgan fingerprint density at radius 3 is 2.85 bits per heavy atom. The lowest BCUT2D eigenvalue weighted by molar-refractivity contribution is -0.182. The first kappa shape index (κ1) is 21.3. The summed E-state index contributed by atoms with van der Waals surface area (Å²) >= 11 is 0. The number of nitrogens with one attached hydrogen (secondary N) is 1. The average molecular weight is 457 g/mol. The van der Waals surface area contributed by atoms with Gasteiger partial charge in [-0.1, -0.05) is 12.1 Å². The van der Waals surface area contributed by atoms with Gasteiger partial charge in [-0.2, -0.15) is 18.3 Å². The van der Waals surface area contributed by atoms with Gasteiger partial charge in [0.25, 0.3) is 5.91 Å². The number of hydrogen-bond acceptors (Lipinski definition) is 4. The molecule has 0 spiro atoms. The number of aryl methyl sites for hydroxylation is 1. The van der Waals surface area contributed by atoms with Crippen LogP contribution in [0.2, 0.25) is 0 Å². The molecule has 1 N–H and O–H groups in total. The third kappa shape index (κ3) is 3.79. The lowest BCUT2D eigenvalue weighted by atomic mass is 10.1. The van der Waals surface area contributed by atoms with Crippen molar-refractivity contribution in [2.45, 2.75) is 31.6 Å². The van der Waals surface area contributed by atoms with Gasteiger partial charge in [-0.15, -0.1) is 0 Å². The largest absolute Gasteiger partial charge is 0.408 e. The molecule has 2 aliphatic rings. The van der Waals surface area contributed by atoms with E-state index in [0.29, 0.717) is 17.7 Å². The van der Waals surface area contributed by atoms with E-state index >= 15 is 0 Å². The van der Waals surface area contributed by atoms with Gasteiger partial charge in [-0.3, -0.25) is 14.3 Å². The highest BCUT2D eigenvalue weighted by atomic mass is 19.4. The summed E-state index contributed by atoms with van der Waals surface area (Å²) in [6.07, 6.45) is -2.50. The molecule has 2 aliphatic heterocycles. The van der Waals surface area contributed by atoms with Crippen LogP contribution >= 0.6 is 0 Å². The first-order chi connectivity index (χ1) is 15.7. The predicted molar refractivity (Wildman–Crippen MR) is 116 cm³/mol. The van der Waals surface area contributed by atoms with Crippen LogP contribution in [-0.4, -0.2) is 56.7 Å². The van der Waals surface area contributed by atoms with E-state index in [1.807, 2.05) is 31.3 Å². The van der Waals surface area contributed by atoms with Crippen LogP contribution in [0.1, 0.15) is 28.8 Å². The molecule has 2 amide bonds. The molecule has 0 aliphatic carbocycles. The molecule has 5 rings (SSSR count). The van der Waals surface area contributed by atoms with Crippen LogP contribution in [0.5, 0.6) is 0 Å². The maximum atomic E-state index is 13.2. The van der Waals surface area contributed by atoms with Crippen molar-refractivity contribution in [3.05, 3.63) is 53.7 Å². The molecule has 1 fully saturated rings. The number of rotatable bonds is 4. The van der Waals surface area contributed by atoms with Gasteiger partial charge in [0.1, 0.15) is 12.6 Å². The standard InChI is InChI=1S/C23H22F3N5O2/c1-29-18-8-7-16(10-15(18)11-27-29)28-17-5-2-4-14-12-30(22(33)21(14)17)13-20(32)31-9-3-6-19(31)23(24,25)26/h2,4-5,7-8,10-11,19,28H,3,6,9,12-13H2,1H3. The Morgan fingerprint density at radius 2 is 2.06 bits per heavy atom. The zero-order valence-corrected chi connectivity index (χ0v) is 17.9. The van der Waals surface area contributed by atoms with E-state index < -0.39 is 18.1 Å². The molecule has 3 heterocycles. The third-order valence-corrected chi connectivity index (χ3v) is 6.32. The normalized spacial score (nSPS) is 18.3. The number of fused-ring (bicyclic) bond motifs is 2. The minimum Gasteiger partial charge on any atom is -0.355 e. The fourth-order valence-corrected chi connectivity index (χ4v) is 4.71. The van der Waals surface area contributed by atoms with Gasteiger partial charge in [0.2, 0.25) is 5.91 Å². The van der Waals surface area contributed by atoms with Gasteiger partial charge in [-0.05, 0) is 42.7 Å². The Balaban J connectivity index is 1.34. The van der Waals surface area contributed by atoms with Crippen molar-refractivity contribution in [2.75, 3.05) is 18.4 Å². The SMILES string of the molecule is Cn1ncc2cc(Nc3cccc4c3C(=O)N(CC(=O)N3CCCC3C(F)(F)F)C4)ccc21. The molecule has 10 heteroatoms. The molecule has 2 aromatic carbocycles. The van der Waals surface area contributed by atoms with Gasteiger partial charge < -0.3 is 15.1 Å². The fourth-order valence-electron chi connectivity index (χ4n) is 4.71. The highest BCUT2D eigenvalue weighted by Crippen LogP contribution is 2.34. The molecule has 0 radical (unpaired) electrons. The maximum absolute atomic E-state index is 13.2. The van der Waals surface area contributed by atoms with E-state index in [1.165, 1.54) is 4.90 Å². The van der Waals surface area contributed by atoms with Gasteiger partial charge >= 0.3 is 6.18 Å². The second kappa shape index (κ2) is 7.79. The van der Waals surface area contributed by atoms with Crippen molar-refractivity contribution >= 4 is 34.1 Å². The molecule has 7 nitrogen and oxygen atoms in total. The Morgan fingerprint density at radius 1 is 1.24 bits per heavy atom. The molecule has 3 aromatic rings. The second-order valence-corrected chi connectivity index (χ2v) is 8.45. The van der Waals surface area contributed by atoms with Crippen LogP contribution in [0.15, 0.2) is 42.6 Å². The second-order valence-electron chi connectivity index (χ2n) is 8.45. The number of anilines is 2. The van der Waals surface area contributed by atoms with E-state index in [1.54, 1.807) is 23.0 Å². The number of carbonyl (C=O) groups is 2. The first-order valence-electron chi connectivity index (χ1n) is 10.7. The fraction of sp³-hybridized carbons (Fsp3) is 0.348. The van der Waals surface area contributed by atoms with Gasteiger partial charge in [-0.25, -0.2) is 0 Å². The molecule has 1 unspecified atom stereocenters. The molecular formula is C23H22F3N5O2. The topological polar surface area (TPSA) is 70.5 Å². The first-order valence-corrected chi connectivity index (χ1v) is 10.7. The van der Waals surface area contributed by atoms with Crippen LogP contribution in [0.4, 0.5) is 24.5 Å². The molecule has 1 atom stereocenters. The molecule has 172 valence electrons. The summed E-state index contributed by atoms with van der Waals surface area (Å²) in [4.78, 5) is 28.0. The number of aromatic nitrogens is 2. The Bertz CT molecular complexity index is 1250. The van der Waals surface area contributed by atoms with Crippen LogP contribution in [0, 0.1) is 0 Å². The van der Waals surface area contributed by atoms with E-state index in [0.717, 1.165) is 27.1 Å². The molecule has 0 saturated carbocycles. The Hall–Kier alpha value is -3.56. The smallest absolute Gasteiger partial charge is 0.355 e. The molecular weight excluding hydrogens is 435 g/mol. The number of carbonyl (C=O) groups excluding carboxylic acids is 2. The zero-order chi connectivity index (χ0) is 23.3. The summed E-state index contributed by atoms with van der Waals surface area (Å²) in [5.41, 5.74) is 3.50. The molecule has 1 saturated heterocycles. The summed E-state index contributed by atoms with van der Waals surface area (Å²) in [5.74, 6) is -1.04. The monoisotopic (exact) mass is 457 g/mol. The zero-order valence-electron chi connectivity index (χ0n) is 17.9. The third-order valence-electron chi connectivity index (χ3n) is 6.32. The highest BCUT2D eigenvalue weighted by molar-refractivity contribution is 6.05. The number of benzene rings is 2. The van der Waals surface area contributed by atoms with Crippen molar-refractivity contribution in [1.82, 2.24) is 19.6 Å². The summed E-state index contributed by atoms with van der Waals surface area (Å²) in [6.45, 7) is -0.135. The van der Waals surface area contributed by atoms with Crippen molar-refractivity contribution < 1.29 is 22.8 Å². The number of likely N-dealkylation sites (tertiary alicyclic amines) is 1. The predicted octanol–water partition coefficient (Wildman–Crippen LogP) is 3.83. The minimum atomic E-state index is -4.46. The lowest BCUT2D eigenvalue weighted by Crippen LogP contribution is -2.48. The Kier molecular flexibility index (Phi) is 5.02. The quantitative estimate of drug-likeness (QED) is 0.647. The van der Waals surface area contributed by atoms with Crippen LogP contribution < -0.4 is 5.32 Å². The van der Waals surface area contributed by atoms with Crippen LogP contribution in [-0.2, 0) is 18.4 Å². The summed E-state index contributed by atoms with van der Waals surface area (Å²) in [5, 5.41) is 8.43. The number of hydrogen-bond donors (Lipinski definition) is 1. The maximum Gasteiger partial charge on any atom is 0.408 e. The lowest BCUT2D eigenvalue weighted by Gasteiger charge is -2.28. The van der Waals surface area contributed by atoms with E-state index in [9.17, 15) is 22.8 Å². The van der Waals surface area contributed by atoms with Crippen molar-refractivity contribution in [3.8, 4) is 0 Å². The van der Waals surface area contributed by atoms with Gasteiger partial charge in [0, 0.05) is 31.2 Å². The van der Waals surface area contributed by atoms with E-state index in [4.69, 9.17) is 0 Å². The summed E-state index contributed by atoms with van der Waals surface area (Å²) in [6, 6.07) is 9.33. The Labute approximate surface area is 187 Å². The number of halogens is 3. The van der Waals surface area contributed by atoms with Gasteiger partial charge in [0.05, 0.1) is 23.0 Å². The van der Waals surface area contributed by atoms with E-state index in [-0.39, 0.29) is 32.0 Å². The molecule has 1 aromatic heterocycles. The average Bonchev–Trinajstić information content (AvgIpc) is 3.47. The van der Waals surface area contributed by atoms with Crippen molar-refractivity contribution in [3.63, 3.8) is 0 Å². The van der Waals surface area contributed by atoms with Gasteiger partial charge in [0.15, 0.2) is 0 Å². The summed E-state index contributed by atoms with van der Waals surface area (Å²) in [7, 11) is 1.85. The minimum absolute atomic E-state index is 0.0572. The van der Waals surface area contributed by atoms with E-state index in [2.05, 4.69) is 10.4 Å². The number of nitrogens with zero attached hydrogens (tertiary/aromatic N) is 4. The van der Waals surface area contributed by atoms with Crippen LogP contribution in [0.25, 0.3) is 10.9 Å². The number of alkyl halides is 3. The van der Waals surface area contributed by atoms with Crippen LogP contribution in [0.3, 0.4) is 0 Å². The molecule has 33 heavy (non-hydrogen) atoms. The number of amides is 2.